The van der Waals surface area contributed by atoms with Crippen LogP contribution in [0, 0.1) is 17.8 Å². The third kappa shape index (κ3) is 3.04. The number of carbonyl (C=O) groups is 1. The molecule has 1 aliphatic carbocycles. The van der Waals surface area contributed by atoms with Crippen LogP contribution in [0.1, 0.15) is 25.3 Å². The molecule has 1 heterocycles. The molecule has 0 spiro atoms. The molecule has 0 unspecified atom stereocenters. The molecular weight excluding hydrogens is 250 g/mol. The fraction of sp³-hybridized carbons (Fsp3) is 0.588. The summed E-state index contributed by atoms with van der Waals surface area (Å²) in [6, 6.07) is 10.5. The van der Waals surface area contributed by atoms with E-state index in [0.717, 1.165) is 25.6 Å². The van der Waals surface area contributed by atoms with Crippen LogP contribution >= 0.6 is 0 Å². The van der Waals surface area contributed by atoms with Gasteiger partial charge in [-0.05, 0) is 37.2 Å². The highest BCUT2D eigenvalue weighted by Crippen LogP contribution is 2.44. The number of hydrogen-bond acceptors (Lipinski definition) is 3. The molecule has 3 heteroatoms. The summed E-state index contributed by atoms with van der Waals surface area (Å²) in [6.07, 6.45) is 2.58. The summed E-state index contributed by atoms with van der Waals surface area (Å²) in [7, 11) is 0. The normalized spacial score (nSPS) is 26.6. The van der Waals surface area contributed by atoms with Gasteiger partial charge < -0.3 is 4.74 Å². The van der Waals surface area contributed by atoms with Crippen LogP contribution in [0.15, 0.2) is 30.3 Å². The molecule has 1 saturated carbocycles. The van der Waals surface area contributed by atoms with Crippen LogP contribution in [0.25, 0.3) is 0 Å². The maximum absolute atomic E-state index is 12.1. The molecule has 0 amide bonds. The molecular formula is C17H23NO2. The zero-order valence-corrected chi connectivity index (χ0v) is 12.1. The van der Waals surface area contributed by atoms with Crippen LogP contribution < -0.4 is 0 Å². The fourth-order valence-corrected chi connectivity index (χ4v) is 3.38. The van der Waals surface area contributed by atoms with E-state index in [4.69, 9.17) is 4.74 Å². The molecule has 20 heavy (non-hydrogen) atoms. The summed E-state index contributed by atoms with van der Waals surface area (Å²) < 4.78 is 5.27. The van der Waals surface area contributed by atoms with Crippen molar-refractivity contribution in [1.29, 1.82) is 0 Å². The smallest absolute Gasteiger partial charge is 0.310 e. The summed E-state index contributed by atoms with van der Waals surface area (Å²) in [5.41, 5.74) is 1.33. The quantitative estimate of drug-likeness (QED) is 0.773. The first-order valence-corrected chi connectivity index (χ1v) is 7.71. The lowest BCUT2D eigenvalue weighted by Crippen LogP contribution is -2.26. The van der Waals surface area contributed by atoms with E-state index in [1.54, 1.807) is 0 Å². The predicted molar refractivity (Wildman–Crippen MR) is 78.1 cm³/mol. The summed E-state index contributed by atoms with van der Waals surface area (Å²) in [6.45, 7) is 5.23. The topological polar surface area (TPSA) is 29.5 Å². The maximum atomic E-state index is 12.1. The van der Waals surface area contributed by atoms with Gasteiger partial charge in [-0.1, -0.05) is 30.3 Å². The molecule has 0 bridgehead atoms. The summed E-state index contributed by atoms with van der Waals surface area (Å²) in [4.78, 5) is 14.6. The van der Waals surface area contributed by atoms with Crippen LogP contribution in [0.3, 0.4) is 0 Å². The van der Waals surface area contributed by atoms with Crippen molar-refractivity contribution in [2.24, 2.45) is 17.8 Å². The van der Waals surface area contributed by atoms with Crippen molar-refractivity contribution >= 4 is 5.97 Å². The molecule has 0 radical (unpaired) electrons. The van der Waals surface area contributed by atoms with Gasteiger partial charge >= 0.3 is 5.97 Å². The van der Waals surface area contributed by atoms with Gasteiger partial charge in [-0.2, -0.15) is 0 Å². The second kappa shape index (κ2) is 5.96. The number of nitrogens with zero attached hydrogens (tertiary/aromatic N) is 1. The monoisotopic (exact) mass is 273 g/mol. The Hall–Kier alpha value is -1.35. The lowest BCUT2D eigenvalue weighted by Gasteiger charge is -2.15. The highest BCUT2D eigenvalue weighted by Gasteiger charge is 2.45. The highest BCUT2D eigenvalue weighted by molar-refractivity contribution is 5.73. The molecule has 1 aromatic carbocycles. The molecule has 0 aromatic heterocycles. The standard InChI is InChI=1S/C17H23NO2/c1-2-20-17(19)16-12-18(11-15(16)14-8-9-14)10-13-6-4-3-5-7-13/h3-7,14-16H,2,8-12H2,1H3/t15-,16+/m1/s1. The molecule has 3 nitrogen and oxygen atoms in total. The molecule has 1 aliphatic heterocycles. The number of hydrogen-bond donors (Lipinski definition) is 0. The Morgan fingerprint density at radius 3 is 2.65 bits per heavy atom. The van der Waals surface area contributed by atoms with E-state index in [2.05, 4.69) is 29.2 Å². The highest BCUT2D eigenvalue weighted by atomic mass is 16.5. The van der Waals surface area contributed by atoms with Gasteiger partial charge in [0.05, 0.1) is 12.5 Å². The van der Waals surface area contributed by atoms with Gasteiger partial charge in [-0.3, -0.25) is 9.69 Å². The molecule has 2 fully saturated rings. The Labute approximate surface area is 120 Å². The number of esters is 1. The van der Waals surface area contributed by atoms with Crippen molar-refractivity contribution in [3.8, 4) is 0 Å². The van der Waals surface area contributed by atoms with Crippen LogP contribution in [0.5, 0.6) is 0 Å². The Bertz CT molecular complexity index is 455. The van der Waals surface area contributed by atoms with Crippen molar-refractivity contribution < 1.29 is 9.53 Å². The largest absolute Gasteiger partial charge is 0.466 e. The second-order valence-electron chi connectivity index (χ2n) is 6.04. The van der Waals surface area contributed by atoms with E-state index >= 15 is 0 Å². The summed E-state index contributed by atoms with van der Waals surface area (Å²) in [5, 5.41) is 0. The first-order chi connectivity index (χ1) is 9.78. The van der Waals surface area contributed by atoms with Crippen LogP contribution in [-0.2, 0) is 16.1 Å². The van der Waals surface area contributed by atoms with E-state index in [1.165, 1.54) is 18.4 Å². The van der Waals surface area contributed by atoms with Crippen LogP contribution in [-0.4, -0.2) is 30.6 Å². The van der Waals surface area contributed by atoms with Crippen molar-refractivity contribution in [2.75, 3.05) is 19.7 Å². The minimum Gasteiger partial charge on any atom is -0.466 e. The number of likely N-dealkylation sites (tertiary alicyclic amines) is 1. The Morgan fingerprint density at radius 2 is 2.00 bits per heavy atom. The predicted octanol–water partition coefficient (Wildman–Crippen LogP) is 2.71. The number of benzene rings is 1. The van der Waals surface area contributed by atoms with Gasteiger partial charge in [0.15, 0.2) is 0 Å². The van der Waals surface area contributed by atoms with Gasteiger partial charge in [-0.15, -0.1) is 0 Å². The lowest BCUT2D eigenvalue weighted by atomic mass is 9.92. The third-order valence-electron chi connectivity index (χ3n) is 4.51. The zero-order chi connectivity index (χ0) is 13.9. The van der Waals surface area contributed by atoms with E-state index in [1.807, 2.05) is 13.0 Å². The Kier molecular flexibility index (Phi) is 4.06. The lowest BCUT2D eigenvalue weighted by molar-refractivity contribution is -0.149. The van der Waals surface area contributed by atoms with Crippen molar-refractivity contribution in [3.63, 3.8) is 0 Å². The number of carbonyl (C=O) groups excluding carboxylic acids is 1. The van der Waals surface area contributed by atoms with Gasteiger partial charge in [0.25, 0.3) is 0 Å². The van der Waals surface area contributed by atoms with Crippen molar-refractivity contribution in [3.05, 3.63) is 35.9 Å². The Morgan fingerprint density at radius 1 is 1.25 bits per heavy atom. The molecule has 2 atom stereocenters. The SMILES string of the molecule is CCOC(=O)[C@H]1CN(Cc2ccccc2)C[C@@H]1C1CC1. The van der Waals surface area contributed by atoms with Gasteiger partial charge in [-0.25, -0.2) is 0 Å². The second-order valence-corrected chi connectivity index (χ2v) is 6.04. The molecule has 1 saturated heterocycles. The minimum absolute atomic E-state index is 0.0139. The van der Waals surface area contributed by atoms with E-state index in [-0.39, 0.29) is 11.9 Å². The zero-order valence-electron chi connectivity index (χ0n) is 12.1. The fourth-order valence-electron chi connectivity index (χ4n) is 3.38. The van der Waals surface area contributed by atoms with Crippen LogP contribution in [0.4, 0.5) is 0 Å². The van der Waals surface area contributed by atoms with Crippen molar-refractivity contribution in [2.45, 2.75) is 26.3 Å². The number of rotatable bonds is 5. The Balaban J connectivity index is 1.65. The maximum Gasteiger partial charge on any atom is 0.310 e. The van der Waals surface area contributed by atoms with Gasteiger partial charge in [0.2, 0.25) is 0 Å². The van der Waals surface area contributed by atoms with Gasteiger partial charge in [0, 0.05) is 19.6 Å². The summed E-state index contributed by atoms with van der Waals surface area (Å²) >= 11 is 0. The van der Waals surface area contributed by atoms with Crippen LogP contribution in [0.2, 0.25) is 0 Å². The molecule has 1 aromatic rings. The van der Waals surface area contributed by atoms with Crippen molar-refractivity contribution in [1.82, 2.24) is 4.90 Å². The molecule has 2 aliphatic rings. The van der Waals surface area contributed by atoms with E-state index in [9.17, 15) is 4.79 Å². The average Bonchev–Trinajstić information content (AvgIpc) is 3.22. The van der Waals surface area contributed by atoms with E-state index < -0.39 is 0 Å². The first-order valence-electron chi connectivity index (χ1n) is 7.71. The summed E-state index contributed by atoms with van der Waals surface area (Å²) in [5.74, 6) is 1.37. The average molecular weight is 273 g/mol. The van der Waals surface area contributed by atoms with Gasteiger partial charge in [0.1, 0.15) is 0 Å². The number of ether oxygens (including phenoxy) is 1. The third-order valence-corrected chi connectivity index (χ3v) is 4.51. The molecule has 0 N–H and O–H groups in total. The molecule has 3 rings (SSSR count). The first kappa shape index (κ1) is 13.6. The van der Waals surface area contributed by atoms with E-state index in [0.29, 0.717) is 12.5 Å². The minimum atomic E-state index is 0.0139. The molecule has 108 valence electrons.